The van der Waals surface area contributed by atoms with E-state index in [4.69, 9.17) is 9.97 Å². The van der Waals surface area contributed by atoms with Crippen LogP contribution < -0.4 is 0 Å². The lowest BCUT2D eigenvalue weighted by atomic mass is 9.95. The Hall–Kier alpha value is -4.60. The van der Waals surface area contributed by atoms with Gasteiger partial charge in [-0.3, -0.25) is 0 Å². The topological polar surface area (TPSA) is 25.8 Å². The molecule has 0 unspecified atom stereocenters. The third-order valence-corrected chi connectivity index (χ3v) is 8.40. The number of fused-ring (bicyclic) bond motifs is 8. The highest BCUT2D eigenvalue weighted by atomic mass is 32.1. The Kier molecular flexibility index (Phi) is 4.42. The van der Waals surface area contributed by atoms with Crippen molar-refractivity contribution in [3.63, 3.8) is 0 Å². The standard InChI is InChI=1S/C34H20N2S/c1-2-10-22(11-3-1)32-34(35-28-19-17-21-9-4-5-12-23(21)33(28)36-32)26-15-8-14-25-24(26)18-20-30-31(25)27-13-6-7-16-29(27)37-30/h1-20H. The fraction of sp³-hybridized carbons (Fsp3) is 0. The van der Waals surface area contributed by atoms with E-state index >= 15 is 0 Å². The van der Waals surface area contributed by atoms with Crippen molar-refractivity contribution in [1.82, 2.24) is 9.97 Å². The Morgan fingerprint density at radius 3 is 2.16 bits per heavy atom. The molecule has 0 fully saturated rings. The summed E-state index contributed by atoms with van der Waals surface area (Å²) in [4.78, 5) is 10.6. The van der Waals surface area contributed by atoms with Crippen molar-refractivity contribution >= 4 is 64.1 Å². The zero-order valence-electron chi connectivity index (χ0n) is 19.8. The molecular formula is C34H20N2S. The first-order valence-electron chi connectivity index (χ1n) is 12.4. The third-order valence-electron chi connectivity index (χ3n) is 7.26. The third kappa shape index (κ3) is 3.11. The monoisotopic (exact) mass is 488 g/mol. The minimum absolute atomic E-state index is 0.909. The van der Waals surface area contributed by atoms with Crippen molar-refractivity contribution in [2.24, 2.45) is 0 Å². The van der Waals surface area contributed by atoms with E-state index in [1.165, 1.54) is 36.3 Å². The largest absolute Gasteiger partial charge is 0.244 e. The first-order valence-corrected chi connectivity index (χ1v) is 13.2. The van der Waals surface area contributed by atoms with Crippen LogP contribution in [0.5, 0.6) is 0 Å². The van der Waals surface area contributed by atoms with Crippen LogP contribution >= 0.6 is 11.3 Å². The van der Waals surface area contributed by atoms with Crippen LogP contribution in [-0.4, -0.2) is 9.97 Å². The summed E-state index contributed by atoms with van der Waals surface area (Å²) in [6.45, 7) is 0. The molecule has 6 aromatic carbocycles. The summed E-state index contributed by atoms with van der Waals surface area (Å²) in [6.07, 6.45) is 0. The summed E-state index contributed by atoms with van der Waals surface area (Å²) in [5.41, 5.74) is 5.85. The first-order chi connectivity index (χ1) is 18.3. The second-order valence-electron chi connectivity index (χ2n) is 9.38. The van der Waals surface area contributed by atoms with Crippen molar-refractivity contribution in [3.8, 4) is 22.5 Å². The fourth-order valence-electron chi connectivity index (χ4n) is 5.56. The van der Waals surface area contributed by atoms with Gasteiger partial charge in [0.25, 0.3) is 0 Å². The number of hydrogen-bond acceptors (Lipinski definition) is 3. The molecule has 0 saturated heterocycles. The van der Waals surface area contributed by atoms with Crippen LogP contribution in [0.4, 0.5) is 0 Å². The van der Waals surface area contributed by atoms with E-state index in [1.807, 2.05) is 17.4 Å². The van der Waals surface area contributed by atoms with Gasteiger partial charge in [0.05, 0.1) is 22.4 Å². The predicted octanol–water partition coefficient (Wildman–Crippen LogP) is 9.64. The van der Waals surface area contributed by atoms with Gasteiger partial charge in [-0.05, 0) is 34.4 Å². The van der Waals surface area contributed by atoms with Crippen molar-refractivity contribution in [1.29, 1.82) is 0 Å². The molecule has 37 heavy (non-hydrogen) atoms. The molecule has 0 bridgehead atoms. The minimum atomic E-state index is 0.909. The molecule has 0 aliphatic carbocycles. The lowest BCUT2D eigenvalue weighted by molar-refractivity contribution is 1.30. The van der Waals surface area contributed by atoms with E-state index in [2.05, 4.69) is 115 Å². The number of rotatable bonds is 2. The summed E-state index contributed by atoms with van der Waals surface area (Å²) in [5.74, 6) is 0. The average molecular weight is 489 g/mol. The molecule has 0 aliphatic rings. The van der Waals surface area contributed by atoms with Crippen LogP contribution in [0.25, 0.3) is 75.3 Å². The Morgan fingerprint density at radius 1 is 0.459 bits per heavy atom. The molecule has 0 atom stereocenters. The molecule has 8 rings (SSSR count). The van der Waals surface area contributed by atoms with E-state index in [0.29, 0.717) is 0 Å². The molecule has 0 saturated carbocycles. The normalized spacial score (nSPS) is 11.8. The van der Waals surface area contributed by atoms with E-state index in [-0.39, 0.29) is 0 Å². The lowest BCUT2D eigenvalue weighted by Gasteiger charge is -2.14. The molecule has 0 aliphatic heterocycles. The maximum atomic E-state index is 5.30. The van der Waals surface area contributed by atoms with Gasteiger partial charge in [-0.15, -0.1) is 11.3 Å². The van der Waals surface area contributed by atoms with Gasteiger partial charge in [0.1, 0.15) is 0 Å². The van der Waals surface area contributed by atoms with Gasteiger partial charge in [-0.25, -0.2) is 9.97 Å². The second kappa shape index (κ2) is 7.95. The highest BCUT2D eigenvalue weighted by Crippen LogP contribution is 2.42. The predicted molar refractivity (Wildman–Crippen MR) is 158 cm³/mol. The summed E-state index contributed by atoms with van der Waals surface area (Å²) in [6, 6.07) is 42.9. The Bertz CT molecular complexity index is 2140. The van der Waals surface area contributed by atoms with Crippen LogP contribution in [-0.2, 0) is 0 Å². The first kappa shape index (κ1) is 20.6. The summed E-state index contributed by atoms with van der Waals surface area (Å²) in [5, 5.41) is 7.39. The van der Waals surface area contributed by atoms with Gasteiger partial charge in [0.15, 0.2) is 0 Å². The van der Waals surface area contributed by atoms with Gasteiger partial charge in [-0.2, -0.15) is 0 Å². The van der Waals surface area contributed by atoms with E-state index in [9.17, 15) is 0 Å². The molecule has 0 N–H and O–H groups in total. The summed E-state index contributed by atoms with van der Waals surface area (Å²) >= 11 is 1.85. The average Bonchev–Trinajstić information content (AvgIpc) is 3.36. The molecule has 2 aromatic heterocycles. The molecule has 2 nitrogen and oxygen atoms in total. The number of nitrogens with zero attached hydrogens (tertiary/aromatic N) is 2. The molecule has 0 amide bonds. The maximum Gasteiger partial charge on any atom is 0.0979 e. The molecule has 3 heteroatoms. The molecule has 172 valence electrons. The maximum absolute atomic E-state index is 5.30. The van der Waals surface area contributed by atoms with E-state index in [1.54, 1.807) is 0 Å². The van der Waals surface area contributed by atoms with Crippen molar-refractivity contribution in [3.05, 3.63) is 121 Å². The molecule has 0 spiro atoms. The van der Waals surface area contributed by atoms with Crippen LogP contribution in [0.15, 0.2) is 121 Å². The number of benzene rings is 6. The number of hydrogen-bond donors (Lipinski definition) is 0. The molecule has 2 heterocycles. The Labute approximate surface area is 217 Å². The number of thiophene rings is 1. The zero-order valence-corrected chi connectivity index (χ0v) is 20.7. The van der Waals surface area contributed by atoms with Gasteiger partial charge < -0.3 is 0 Å². The second-order valence-corrected chi connectivity index (χ2v) is 10.5. The Balaban J connectivity index is 1.50. The van der Waals surface area contributed by atoms with Crippen LogP contribution in [0.1, 0.15) is 0 Å². The highest BCUT2D eigenvalue weighted by molar-refractivity contribution is 7.26. The molecule has 8 aromatic rings. The zero-order chi connectivity index (χ0) is 24.3. The van der Waals surface area contributed by atoms with Gasteiger partial charge in [0, 0.05) is 36.7 Å². The Morgan fingerprint density at radius 2 is 1.24 bits per heavy atom. The van der Waals surface area contributed by atoms with E-state index in [0.717, 1.165) is 38.9 Å². The van der Waals surface area contributed by atoms with Gasteiger partial charge in [-0.1, -0.05) is 103 Å². The van der Waals surface area contributed by atoms with Crippen molar-refractivity contribution < 1.29 is 0 Å². The SMILES string of the molecule is c1ccc(-c2nc3c(ccc4ccccc43)nc2-c2cccc3c2ccc2sc4ccccc4c23)cc1. The van der Waals surface area contributed by atoms with Gasteiger partial charge in [0.2, 0.25) is 0 Å². The van der Waals surface area contributed by atoms with Crippen molar-refractivity contribution in [2.75, 3.05) is 0 Å². The highest BCUT2D eigenvalue weighted by Gasteiger charge is 2.18. The van der Waals surface area contributed by atoms with E-state index < -0.39 is 0 Å². The summed E-state index contributed by atoms with van der Waals surface area (Å²) < 4.78 is 2.63. The molecule has 0 radical (unpaired) electrons. The van der Waals surface area contributed by atoms with Crippen LogP contribution in [0, 0.1) is 0 Å². The molecular weight excluding hydrogens is 468 g/mol. The van der Waals surface area contributed by atoms with Gasteiger partial charge >= 0.3 is 0 Å². The van der Waals surface area contributed by atoms with Crippen molar-refractivity contribution in [2.45, 2.75) is 0 Å². The minimum Gasteiger partial charge on any atom is -0.244 e. The van der Waals surface area contributed by atoms with Crippen LogP contribution in [0.3, 0.4) is 0 Å². The lowest BCUT2D eigenvalue weighted by Crippen LogP contribution is -1.97. The smallest absolute Gasteiger partial charge is 0.0979 e. The van der Waals surface area contributed by atoms with Crippen LogP contribution in [0.2, 0.25) is 0 Å². The quantitative estimate of drug-likeness (QED) is 0.226. The number of aromatic nitrogens is 2. The summed E-state index contributed by atoms with van der Waals surface area (Å²) in [7, 11) is 0. The fourth-order valence-corrected chi connectivity index (χ4v) is 6.68.